The fourth-order valence-corrected chi connectivity index (χ4v) is 11.2. The van der Waals surface area contributed by atoms with Gasteiger partial charge in [0, 0.05) is 45.2 Å². The fourth-order valence-electron chi connectivity index (χ4n) is 11.2. The highest BCUT2D eigenvalue weighted by molar-refractivity contribution is 6.10. The number of hydrogen-bond acceptors (Lipinski definition) is 1. The van der Waals surface area contributed by atoms with Crippen LogP contribution in [0.5, 0.6) is 0 Å². The van der Waals surface area contributed by atoms with Gasteiger partial charge in [0.1, 0.15) is 0 Å². The summed E-state index contributed by atoms with van der Waals surface area (Å²) in [5.74, 6) is 0.540. The maximum absolute atomic E-state index is 2.71. The van der Waals surface area contributed by atoms with E-state index in [1.807, 2.05) is 0 Å². The van der Waals surface area contributed by atoms with Crippen molar-refractivity contribution in [2.24, 2.45) is 0 Å². The minimum Gasteiger partial charge on any atom is -0.338 e. The Kier molecular flexibility index (Phi) is 7.69. The molecule has 2 nitrogen and oxygen atoms in total. The summed E-state index contributed by atoms with van der Waals surface area (Å²) < 4.78 is 2.47. The van der Waals surface area contributed by atoms with Crippen molar-refractivity contribution >= 4 is 33.2 Å². The Morgan fingerprint density at radius 3 is 1.88 bits per heavy atom. The molecule has 8 aromatic carbocycles. The third-order valence-corrected chi connectivity index (χ3v) is 14.0. The Labute approximate surface area is 347 Å². The first-order valence-electron chi connectivity index (χ1n) is 21.5. The van der Waals surface area contributed by atoms with E-state index in [0.29, 0.717) is 12.0 Å². The summed E-state index contributed by atoms with van der Waals surface area (Å²) in [6.45, 7) is 4.79. The van der Waals surface area contributed by atoms with Crippen molar-refractivity contribution in [1.29, 1.82) is 0 Å². The van der Waals surface area contributed by atoms with E-state index in [-0.39, 0.29) is 5.41 Å². The standard InChI is InChI=1S/C57H46N2/c1-57(2)51-22-12-9-19-45(51)46-28-27-43(36-52(46)57)58-53-23-13-10-20-47(53)49-34-39(25-29-55(49)58)40-26-30-56-50(35-40)48-21-11-14-24-54(48)59(56)44-32-41(37-15-5-3-6-16-37)31-42(33-44)38-17-7-4-8-18-38/h3-9,11-12,14-19,21-22,24-36,47,53H,10,13,20,23H2,1-2H3/t47-,53?/m1/s1. The Hall–Kier alpha value is -6.64. The van der Waals surface area contributed by atoms with Gasteiger partial charge in [0.25, 0.3) is 0 Å². The Morgan fingerprint density at radius 2 is 1.08 bits per heavy atom. The zero-order valence-corrected chi connectivity index (χ0v) is 33.7. The van der Waals surface area contributed by atoms with Crippen LogP contribution in [0.3, 0.4) is 0 Å². The van der Waals surface area contributed by atoms with Crippen LogP contribution in [-0.2, 0) is 5.41 Å². The van der Waals surface area contributed by atoms with Gasteiger partial charge in [-0.2, -0.15) is 0 Å². The number of fused-ring (bicyclic) bond motifs is 9. The second kappa shape index (κ2) is 13.2. The minimum atomic E-state index is -0.0169. The molecule has 0 spiro atoms. The molecule has 0 saturated heterocycles. The normalized spacial score (nSPS) is 17.5. The molecule has 2 heterocycles. The van der Waals surface area contributed by atoms with Gasteiger partial charge in [-0.05, 0) is 135 Å². The van der Waals surface area contributed by atoms with Crippen molar-refractivity contribution in [3.63, 3.8) is 0 Å². The number of aromatic nitrogens is 1. The van der Waals surface area contributed by atoms with Crippen LogP contribution in [0.2, 0.25) is 0 Å². The highest BCUT2D eigenvalue weighted by Crippen LogP contribution is 2.55. The maximum atomic E-state index is 2.71. The van der Waals surface area contributed by atoms with Gasteiger partial charge in [0.2, 0.25) is 0 Å². The molecule has 12 rings (SSSR count). The lowest BCUT2D eigenvalue weighted by molar-refractivity contribution is 0.402. The summed E-state index contributed by atoms with van der Waals surface area (Å²) >= 11 is 0. The lowest BCUT2D eigenvalue weighted by Crippen LogP contribution is -2.32. The fraction of sp³-hybridized carbons (Fsp3) is 0.158. The second-order valence-electron chi connectivity index (χ2n) is 17.6. The van der Waals surface area contributed by atoms with E-state index in [4.69, 9.17) is 0 Å². The van der Waals surface area contributed by atoms with Gasteiger partial charge in [0.05, 0.1) is 11.0 Å². The molecular weight excluding hydrogens is 713 g/mol. The molecule has 1 saturated carbocycles. The summed E-state index contributed by atoms with van der Waals surface area (Å²) in [5, 5.41) is 2.56. The number of nitrogens with zero attached hydrogens (tertiary/aromatic N) is 2. The molecule has 1 unspecified atom stereocenters. The van der Waals surface area contributed by atoms with Crippen LogP contribution in [0.1, 0.15) is 62.1 Å². The number of anilines is 2. The molecule has 9 aromatic rings. The third-order valence-electron chi connectivity index (χ3n) is 14.0. The SMILES string of the molecule is CC1(C)c2ccccc2-c2ccc(N3c4ccc(-c5ccc6c(c5)c5ccccc5n6-c5cc(-c6ccccc6)cc(-c6ccccc6)c5)cc4[C@H]4CCCCC43)cc21. The van der Waals surface area contributed by atoms with Crippen molar-refractivity contribution in [2.75, 3.05) is 4.90 Å². The van der Waals surface area contributed by atoms with Gasteiger partial charge in [-0.3, -0.25) is 0 Å². The number of hydrogen-bond donors (Lipinski definition) is 0. The Bertz CT molecular complexity index is 3040. The second-order valence-corrected chi connectivity index (χ2v) is 17.6. The molecule has 1 fully saturated rings. The highest BCUT2D eigenvalue weighted by Gasteiger charge is 2.42. The zero-order chi connectivity index (χ0) is 39.2. The van der Waals surface area contributed by atoms with Gasteiger partial charge in [0.15, 0.2) is 0 Å². The van der Waals surface area contributed by atoms with E-state index in [0.717, 1.165) is 0 Å². The summed E-state index contributed by atoms with van der Waals surface area (Å²) in [7, 11) is 0. The zero-order valence-electron chi connectivity index (χ0n) is 33.7. The van der Waals surface area contributed by atoms with Gasteiger partial charge in [-0.25, -0.2) is 0 Å². The van der Waals surface area contributed by atoms with E-state index in [1.54, 1.807) is 0 Å². The van der Waals surface area contributed by atoms with Crippen LogP contribution in [0.25, 0.3) is 72.0 Å². The molecule has 284 valence electrons. The molecule has 0 bridgehead atoms. The molecule has 59 heavy (non-hydrogen) atoms. The topological polar surface area (TPSA) is 8.17 Å². The predicted octanol–water partition coefficient (Wildman–Crippen LogP) is 15.3. The Balaban J connectivity index is 0.972. The molecule has 0 radical (unpaired) electrons. The quantitative estimate of drug-likeness (QED) is 0.170. The molecule has 2 aliphatic carbocycles. The van der Waals surface area contributed by atoms with E-state index in [9.17, 15) is 0 Å². The van der Waals surface area contributed by atoms with Crippen LogP contribution in [0.4, 0.5) is 11.4 Å². The van der Waals surface area contributed by atoms with E-state index >= 15 is 0 Å². The van der Waals surface area contributed by atoms with E-state index in [2.05, 4.69) is 205 Å². The molecule has 0 N–H and O–H groups in total. The smallest absolute Gasteiger partial charge is 0.0541 e. The third kappa shape index (κ3) is 5.32. The first-order valence-corrected chi connectivity index (χ1v) is 21.5. The monoisotopic (exact) mass is 758 g/mol. The number of benzene rings is 8. The first kappa shape index (κ1) is 34.4. The van der Waals surface area contributed by atoms with Crippen molar-refractivity contribution in [3.05, 3.63) is 199 Å². The molecule has 0 amide bonds. The van der Waals surface area contributed by atoms with Crippen molar-refractivity contribution in [2.45, 2.75) is 56.9 Å². The van der Waals surface area contributed by atoms with Gasteiger partial charge < -0.3 is 9.47 Å². The van der Waals surface area contributed by atoms with Crippen LogP contribution >= 0.6 is 0 Å². The summed E-state index contributed by atoms with van der Waals surface area (Å²) in [4.78, 5) is 2.71. The predicted molar refractivity (Wildman–Crippen MR) is 248 cm³/mol. The van der Waals surface area contributed by atoms with Crippen molar-refractivity contribution in [1.82, 2.24) is 4.57 Å². The lowest BCUT2D eigenvalue weighted by Gasteiger charge is -2.34. The molecule has 1 aromatic heterocycles. The number of para-hydroxylation sites is 1. The Morgan fingerprint density at radius 1 is 0.441 bits per heavy atom. The summed E-state index contributed by atoms with van der Waals surface area (Å²) in [5.41, 5.74) is 21.0. The summed E-state index contributed by atoms with van der Waals surface area (Å²) in [6, 6.07) is 68.8. The average molecular weight is 759 g/mol. The first-order chi connectivity index (χ1) is 29.0. The van der Waals surface area contributed by atoms with E-state index < -0.39 is 0 Å². The molecule has 2 atom stereocenters. The maximum Gasteiger partial charge on any atom is 0.0541 e. The van der Waals surface area contributed by atoms with E-state index in [1.165, 1.54) is 126 Å². The highest BCUT2D eigenvalue weighted by atomic mass is 15.2. The largest absolute Gasteiger partial charge is 0.338 e. The average Bonchev–Trinajstić information content (AvgIpc) is 3.89. The molecule has 3 aliphatic rings. The van der Waals surface area contributed by atoms with Gasteiger partial charge in [-0.1, -0.05) is 148 Å². The summed E-state index contributed by atoms with van der Waals surface area (Å²) in [6.07, 6.45) is 5.08. The van der Waals surface area contributed by atoms with Crippen LogP contribution < -0.4 is 4.90 Å². The van der Waals surface area contributed by atoms with Gasteiger partial charge >= 0.3 is 0 Å². The molecule has 2 heteroatoms. The van der Waals surface area contributed by atoms with Crippen molar-refractivity contribution in [3.8, 4) is 50.2 Å². The van der Waals surface area contributed by atoms with Crippen LogP contribution in [0.15, 0.2) is 182 Å². The van der Waals surface area contributed by atoms with Crippen LogP contribution in [0, 0.1) is 0 Å². The molecule has 1 aliphatic heterocycles. The van der Waals surface area contributed by atoms with Gasteiger partial charge in [-0.15, -0.1) is 0 Å². The minimum absolute atomic E-state index is 0.0169. The van der Waals surface area contributed by atoms with Crippen molar-refractivity contribution < 1.29 is 0 Å². The molecular formula is C57H46N2. The van der Waals surface area contributed by atoms with Crippen LogP contribution in [-0.4, -0.2) is 10.6 Å². The lowest BCUT2D eigenvalue weighted by atomic mass is 9.81. The number of rotatable bonds is 5.